The van der Waals surface area contributed by atoms with E-state index in [1.807, 2.05) is 6.92 Å². The van der Waals surface area contributed by atoms with Gasteiger partial charge < -0.3 is 15.3 Å². The van der Waals surface area contributed by atoms with Crippen molar-refractivity contribution in [2.45, 2.75) is 31.7 Å². The van der Waals surface area contributed by atoms with Gasteiger partial charge in [-0.1, -0.05) is 6.07 Å². The topological polar surface area (TPSA) is 96.2 Å². The van der Waals surface area contributed by atoms with Crippen LogP contribution in [0, 0.1) is 0 Å². The van der Waals surface area contributed by atoms with E-state index in [4.69, 9.17) is 0 Å². The van der Waals surface area contributed by atoms with Crippen LogP contribution >= 0.6 is 0 Å². The molecule has 11 heteroatoms. The first kappa shape index (κ1) is 21.8. The summed E-state index contributed by atoms with van der Waals surface area (Å²) in [5, 5.41) is 16.3. The monoisotopic (exact) mass is 446 g/mol. The van der Waals surface area contributed by atoms with E-state index in [1.165, 1.54) is 12.1 Å². The van der Waals surface area contributed by atoms with E-state index in [0.29, 0.717) is 23.9 Å². The Balaban J connectivity index is 1.65. The predicted molar refractivity (Wildman–Crippen MR) is 111 cm³/mol. The van der Waals surface area contributed by atoms with E-state index in [1.54, 1.807) is 41.2 Å². The summed E-state index contributed by atoms with van der Waals surface area (Å²) in [5.41, 5.74) is -0.383. The van der Waals surface area contributed by atoms with Gasteiger partial charge in [0.05, 0.1) is 29.2 Å². The maximum atomic E-state index is 13.6. The van der Waals surface area contributed by atoms with E-state index in [-0.39, 0.29) is 24.1 Å². The Bertz CT molecular complexity index is 1150. The highest BCUT2D eigenvalue weighted by Crippen LogP contribution is 2.37. The molecule has 0 aromatic carbocycles. The molecule has 3 aromatic rings. The van der Waals surface area contributed by atoms with Crippen LogP contribution in [-0.2, 0) is 13.2 Å². The summed E-state index contributed by atoms with van der Waals surface area (Å²) in [6.07, 6.45) is -0.836. The molecule has 2 atom stereocenters. The number of aliphatic hydroxyl groups is 1. The van der Waals surface area contributed by atoms with Gasteiger partial charge in [-0.05, 0) is 25.5 Å². The molecule has 32 heavy (non-hydrogen) atoms. The SMILES string of the molecule is C[C@@H]1C[C@@H](O)CN1c1cc(NC(=O)c2cccc(-c3cnn(C)c3)n2)c(C(F)(F)F)cn1. The number of carbonyl (C=O) groups excluding carboxylic acids is 1. The van der Waals surface area contributed by atoms with Gasteiger partial charge in [0.15, 0.2) is 0 Å². The van der Waals surface area contributed by atoms with Gasteiger partial charge in [-0.15, -0.1) is 0 Å². The second kappa shape index (κ2) is 8.23. The number of rotatable bonds is 4. The number of nitrogens with zero attached hydrogens (tertiary/aromatic N) is 5. The van der Waals surface area contributed by atoms with Gasteiger partial charge in [0.2, 0.25) is 0 Å². The van der Waals surface area contributed by atoms with Crippen molar-refractivity contribution in [3.63, 3.8) is 0 Å². The smallest absolute Gasteiger partial charge is 0.391 e. The summed E-state index contributed by atoms with van der Waals surface area (Å²) in [5.74, 6) is -0.540. The summed E-state index contributed by atoms with van der Waals surface area (Å²) in [6, 6.07) is 5.78. The minimum Gasteiger partial charge on any atom is -0.391 e. The zero-order chi connectivity index (χ0) is 23.0. The van der Waals surface area contributed by atoms with Crippen molar-refractivity contribution in [1.29, 1.82) is 0 Å². The lowest BCUT2D eigenvalue weighted by molar-refractivity contribution is -0.137. The number of pyridine rings is 2. The lowest BCUT2D eigenvalue weighted by Gasteiger charge is -2.24. The van der Waals surface area contributed by atoms with Crippen LogP contribution in [0.2, 0.25) is 0 Å². The number of anilines is 2. The molecule has 0 saturated carbocycles. The number of hydrogen-bond acceptors (Lipinski definition) is 6. The third-order valence-electron chi connectivity index (χ3n) is 5.27. The van der Waals surface area contributed by atoms with Crippen molar-refractivity contribution in [2.75, 3.05) is 16.8 Å². The van der Waals surface area contributed by atoms with Crippen molar-refractivity contribution in [3.8, 4) is 11.3 Å². The number of aliphatic hydroxyl groups excluding tert-OH is 1. The molecule has 1 fully saturated rings. The molecule has 1 amide bonds. The Morgan fingerprint density at radius 3 is 2.69 bits per heavy atom. The molecule has 3 aromatic heterocycles. The van der Waals surface area contributed by atoms with E-state index < -0.39 is 29.4 Å². The molecule has 2 N–H and O–H groups in total. The number of aromatic nitrogens is 4. The van der Waals surface area contributed by atoms with Gasteiger partial charge in [-0.25, -0.2) is 9.97 Å². The average molecular weight is 446 g/mol. The molecule has 8 nitrogen and oxygen atoms in total. The van der Waals surface area contributed by atoms with Crippen LogP contribution in [0.15, 0.2) is 42.9 Å². The summed E-state index contributed by atoms with van der Waals surface area (Å²) < 4.78 is 42.3. The average Bonchev–Trinajstić information content (AvgIpc) is 3.31. The summed E-state index contributed by atoms with van der Waals surface area (Å²) >= 11 is 0. The summed E-state index contributed by atoms with van der Waals surface area (Å²) in [4.78, 5) is 22.7. The number of alkyl halides is 3. The minimum absolute atomic E-state index is 0.0391. The van der Waals surface area contributed by atoms with Gasteiger partial charge in [0, 0.05) is 43.7 Å². The Morgan fingerprint density at radius 1 is 1.28 bits per heavy atom. The van der Waals surface area contributed by atoms with E-state index in [9.17, 15) is 23.1 Å². The maximum Gasteiger partial charge on any atom is 0.419 e. The Labute approximate surface area is 181 Å². The van der Waals surface area contributed by atoms with Gasteiger partial charge >= 0.3 is 6.18 Å². The molecule has 0 spiro atoms. The minimum atomic E-state index is -4.71. The van der Waals surface area contributed by atoms with Gasteiger partial charge in [-0.2, -0.15) is 18.3 Å². The number of halogens is 3. The lowest BCUT2D eigenvalue weighted by Crippen LogP contribution is -2.29. The van der Waals surface area contributed by atoms with E-state index in [0.717, 1.165) is 0 Å². The summed E-state index contributed by atoms with van der Waals surface area (Å²) in [7, 11) is 1.74. The van der Waals surface area contributed by atoms with Crippen molar-refractivity contribution in [2.24, 2.45) is 7.05 Å². The normalized spacial score (nSPS) is 18.8. The lowest BCUT2D eigenvalue weighted by atomic mass is 10.2. The first-order chi connectivity index (χ1) is 15.1. The van der Waals surface area contributed by atoms with Crippen molar-refractivity contribution >= 4 is 17.4 Å². The molecular weight excluding hydrogens is 425 g/mol. The molecule has 168 valence electrons. The molecule has 0 aliphatic carbocycles. The zero-order valence-corrected chi connectivity index (χ0v) is 17.3. The van der Waals surface area contributed by atoms with Crippen molar-refractivity contribution in [3.05, 3.63) is 54.1 Å². The first-order valence-electron chi connectivity index (χ1n) is 9.91. The van der Waals surface area contributed by atoms with Gasteiger partial charge in [0.1, 0.15) is 11.5 Å². The van der Waals surface area contributed by atoms with Crippen LogP contribution in [0.1, 0.15) is 29.4 Å². The Kier molecular flexibility index (Phi) is 5.59. The van der Waals surface area contributed by atoms with E-state index in [2.05, 4.69) is 20.4 Å². The van der Waals surface area contributed by atoms with Crippen molar-refractivity contribution in [1.82, 2.24) is 19.7 Å². The number of hydrogen-bond donors (Lipinski definition) is 2. The van der Waals surface area contributed by atoms with Crippen LogP contribution in [0.5, 0.6) is 0 Å². The van der Waals surface area contributed by atoms with Crippen molar-refractivity contribution < 1.29 is 23.1 Å². The fourth-order valence-electron chi connectivity index (χ4n) is 3.71. The maximum absolute atomic E-state index is 13.6. The standard InChI is InChI=1S/C21H21F3N6O2/c1-12-6-14(31)11-30(12)19-7-18(15(9-25-19)21(22,23)24)28-20(32)17-5-3-4-16(27-17)13-8-26-29(2)10-13/h3-5,7-10,12,14,31H,6,11H2,1-2H3,(H,25,28,32)/t12-,14-/m1/s1. The molecule has 0 bridgehead atoms. The Morgan fingerprint density at radius 2 is 2.06 bits per heavy atom. The quantitative estimate of drug-likeness (QED) is 0.640. The highest BCUT2D eigenvalue weighted by atomic mass is 19.4. The third-order valence-corrected chi connectivity index (χ3v) is 5.27. The molecule has 0 radical (unpaired) electrons. The molecule has 4 rings (SSSR count). The fraction of sp³-hybridized carbons (Fsp3) is 0.333. The van der Waals surface area contributed by atoms with Crippen LogP contribution in [0.25, 0.3) is 11.3 Å². The second-order valence-electron chi connectivity index (χ2n) is 7.74. The second-order valence-corrected chi connectivity index (χ2v) is 7.74. The van der Waals surface area contributed by atoms with Gasteiger partial charge in [-0.3, -0.25) is 9.48 Å². The third kappa shape index (κ3) is 4.42. The molecule has 0 unspecified atom stereocenters. The summed E-state index contributed by atoms with van der Waals surface area (Å²) in [6.45, 7) is 2.10. The molecular formula is C21H21F3N6O2. The number of β-amino-alcohol motifs (C(OH)–C–C–N with tert-alkyl or cyclic N) is 1. The molecule has 1 aliphatic heterocycles. The van der Waals surface area contributed by atoms with Crippen LogP contribution in [0.3, 0.4) is 0 Å². The van der Waals surface area contributed by atoms with Crippen LogP contribution < -0.4 is 10.2 Å². The van der Waals surface area contributed by atoms with Crippen LogP contribution in [-0.4, -0.2) is 49.5 Å². The molecule has 1 aliphatic rings. The van der Waals surface area contributed by atoms with E-state index >= 15 is 0 Å². The van der Waals surface area contributed by atoms with Crippen LogP contribution in [0.4, 0.5) is 24.7 Å². The number of amides is 1. The fourth-order valence-corrected chi connectivity index (χ4v) is 3.71. The highest BCUT2D eigenvalue weighted by molar-refractivity contribution is 6.03. The Hall–Kier alpha value is -3.47. The predicted octanol–water partition coefficient (Wildman–Crippen LogP) is 3.11. The highest BCUT2D eigenvalue weighted by Gasteiger charge is 2.36. The molecule has 4 heterocycles. The van der Waals surface area contributed by atoms with Gasteiger partial charge in [0.25, 0.3) is 5.91 Å². The number of nitrogens with one attached hydrogen (secondary N) is 1. The number of carbonyl (C=O) groups is 1. The first-order valence-corrected chi connectivity index (χ1v) is 9.91. The zero-order valence-electron chi connectivity index (χ0n) is 17.3. The number of aryl methyl sites for hydroxylation is 1. The molecule has 1 saturated heterocycles. The largest absolute Gasteiger partial charge is 0.419 e.